The average molecular weight is 342 g/mol. The van der Waals surface area contributed by atoms with Crippen LogP contribution in [0.3, 0.4) is 0 Å². The van der Waals surface area contributed by atoms with E-state index in [-0.39, 0.29) is 12.5 Å². The lowest BCUT2D eigenvalue weighted by atomic mass is 10.1. The summed E-state index contributed by atoms with van der Waals surface area (Å²) in [4.78, 5) is 17.6. The molecule has 1 amide bonds. The van der Waals surface area contributed by atoms with Gasteiger partial charge in [-0.15, -0.1) is 16.4 Å². The molecule has 0 spiro atoms. The molecule has 0 aliphatic rings. The molecule has 0 saturated carbocycles. The van der Waals surface area contributed by atoms with Crippen LogP contribution in [-0.2, 0) is 17.8 Å². The molecule has 3 aromatic rings. The maximum atomic E-state index is 12.0. The smallest absolute Gasteiger partial charge is 0.248 e. The summed E-state index contributed by atoms with van der Waals surface area (Å²) in [6.45, 7) is 4.24. The van der Waals surface area contributed by atoms with Crippen LogP contribution in [0.2, 0.25) is 0 Å². The second-order valence-electron chi connectivity index (χ2n) is 5.43. The van der Waals surface area contributed by atoms with Gasteiger partial charge in [-0.3, -0.25) is 4.79 Å². The fourth-order valence-corrected chi connectivity index (χ4v) is 3.25. The van der Waals surface area contributed by atoms with Crippen molar-refractivity contribution in [2.75, 3.05) is 5.32 Å². The van der Waals surface area contributed by atoms with Crippen LogP contribution in [0, 0.1) is 6.92 Å². The molecule has 0 unspecified atom stereocenters. The fraction of sp³-hybridized carbons (Fsp3) is 0.312. The number of carbonyl (C=O) groups excluding carboxylic acids is 1. The molecule has 124 valence electrons. The summed E-state index contributed by atoms with van der Waals surface area (Å²) in [7, 11) is 0. The Kier molecular flexibility index (Phi) is 4.95. The van der Waals surface area contributed by atoms with Crippen LogP contribution >= 0.6 is 11.3 Å². The van der Waals surface area contributed by atoms with Gasteiger partial charge >= 0.3 is 0 Å². The molecular formula is C16H18N6OS. The molecule has 0 aliphatic carbocycles. The number of tetrazole rings is 1. The predicted molar refractivity (Wildman–Crippen MR) is 92.7 cm³/mol. The van der Waals surface area contributed by atoms with E-state index in [4.69, 9.17) is 0 Å². The van der Waals surface area contributed by atoms with E-state index in [1.807, 2.05) is 6.92 Å². The van der Waals surface area contributed by atoms with Crippen molar-refractivity contribution in [3.63, 3.8) is 0 Å². The number of aromatic nitrogens is 5. The minimum absolute atomic E-state index is 0.0622. The predicted octanol–water partition coefficient (Wildman–Crippen LogP) is 2.70. The van der Waals surface area contributed by atoms with E-state index in [0.717, 1.165) is 29.0 Å². The first-order valence-corrected chi connectivity index (χ1v) is 8.54. The number of anilines is 1. The van der Waals surface area contributed by atoms with Gasteiger partial charge in [0.1, 0.15) is 12.9 Å². The molecule has 7 nitrogen and oxygen atoms in total. The number of hydrogen-bond acceptors (Lipinski definition) is 6. The maximum Gasteiger partial charge on any atom is 0.248 e. The molecule has 0 bridgehead atoms. The third-order valence-electron chi connectivity index (χ3n) is 3.51. The minimum atomic E-state index is -0.208. The lowest BCUT2D eigenvalue weighted by Crippen LogP contribution is -2.19. The molecule has 0 atom stereocenters. The summed E-state index contributed by atoms with van der Waals surface area (Å²) in [5.41, 5.74) is 3.29. The maximum absolute atomic E-state index is 12.0. The molecular weight excluding hydrogens is 324 g/mol. The number of aryl methyl sites for hydroxylation is 2. The van der Waals surface area contributed by atoms with Crippen molar-refractivity contribution >= 4 is 22.4 Å². The molecule has 0 aliphatic heterocycles. The van der Waals surface area contributed by atoms with Crippen molar-refractivity contribution in [1.82, 2.24) is 25.2 Å². The summed E-state index contributed by atoms with van der Waals surface area (Å²) < 4.78 is 1.36. The van der Waals surface area contributed by atoms with Gasteiger partial charge in [-0.25, -0.2) is 9.67 Å². The van der Waals surface area contributed by atoms with Gasteiger partial charge in [-0.2, -0.15) is 0 Å². The number of carbonyl (C=O) groups is 1. The Balaban J connectivity index is 1.71. The quantitative estimate of drug-likeness (QED) is 0.744. The number of hydrogen-bond donors (Lipinski definition) is 1. The van der Waals surface area contributed by atoms with Crippen molar-refractivity contribution in [1.29, 1.82) is 0 Å². The van der Waals surface area contributed by atoms with Crippen LogP contribution in [0.4, 0.5) is 5.13 Å². The summed E-state index contributed by atoms with van der Waals surface area (Å²) in [6, 6.07) is 8.43. The highest BCUT2D eigenvalue weighted by Crippen LogP contribution is 2.30. The van der Waals surface area contributed by atoms with Crippen molar-refractivity contribution in [3.05, 3.63) is 41.0 Å². The highest BCUT2D eigenvalue weighted by atomic mass is 32.1. The van der Waals surface area contributed by atoms with Crippen molar-refractivity contribution < 1.29 is 4.79 Å². The van der Waals surface area contributed by atoms with Crippen molar-refractivity contribution in [3.8, 4) is 11.3 Å². The number of benzene rings is 1. The fourth-order valence-electron chi connectivity index (χ4n) is 2.39. The first-order valence-electron chi connectivity index (χ1n) is 7.73. The Morgan fingerprint density at radius 3 is 2.75 bits per heavy atom. The number of nitrogens with one attached hydrogen (secondary N) is 1. The molecule has 0 saturated heterocycles. The highest BCUT2D eigenvalue weighted by molar-refractivity contribution is 7.16. The molecule has 24 heavy (non-hydrogen) atoms. The van der Waals surface area contributed by atoms with Crippen molar-refractivity contribution in [2.24, 2.45) is 0 Å². The monoisotopic (exact) mass is 342 g/mol. The van der Waals surface area contributed by atoms with E-state index >= 15 is 0 Å². The second-order valence-corrected chi connectivity index (χ2v) is 6.63. The van der Waals surface area contributed by atoms with E-state index in [1.165, 1.54) is 27.9 Å². The Hall–Kier alpha value is -2.61. The Bertz CT molecular complexity index is 810. The summed E-state index contributed by atoms with van der Waals surface area (Å²) in [5.74, 6) is -0.208. The van der Waals surface area contributed by atoms with Gasteiger partial charge in [0.05, 0.1) is 5.69 Å². The molecule has 8 heteroatoms. The molecule has 3 rings (SSSR count). The molecule has 0 fully saturated rings. The Labute approximate surface area is 143 Å². The van der Waals surface area contributed by atoms with Gasteiger partial charge in [-0.05, 0) is 29.3 Å². The topological polar surface area (TPSA) is 85.6 Å². The largest absolute Gasteiger partial charge is 0.300 e. The number of rotatable bonds is 6. The highest BCUT2D eigenvalue weighted by Gasteiger charge is 2.12. The second kappa shape index (κ2) is 7.31. The van der Waals surface area contributed by atoms with Crippen LogP contribution < -0.4 is 5.32 Å². The van der Waals surface area contributed by atoms with Gasteiger partial charge in [-0.1, -0.05) is 37.6 Å². The van der Waals surface area contributed by atoms with Gasteiger partial charge in [0, 0.05) is 10.4 Å². The van der Waals surface area contributed by atoms with Crippen LogP contribution in [0.1, 0.15) is 23.8 Å². The van der Waals surface area contributed by atoms with Gasteiger partial charge in [0.15, 0.2) is 5.13 Å². The first kappa shape index (κ1) is 16.3. The molecule has 1 N–H and O–H groups in total. The normalized spacial score (nSPS) is 10.8. The average Bonchev–Trinajstić information content (AvgIpc) is 3.18. The summed E-state index contributed by atoms with van der Waals surface area (Å²) in [6.07, 6.45) is 3.61. The third-order valence-corrected chi connectivity index (χ3v) is 4.39. The van der Waals surface area contributed by atoms with Crippen LogP contribution in [0.15, 0.2) is 30.6 Å². The zero-order chi connectivity index (χ0) is 16.9. The van der Waals surface area contributed by atoms with E-state index in [1.54, 1.807) is 0 Å². The number of amides is 1. The molecule has 2 heterocycles. The summed E-state index contributed by atoms with van der Waals surface area (Å²) >= 11 is 1.46. The number of thiazole rings is 1. The first-order chi connectivity index (χ1) is 11.7. The standard InChI is InChI=1S/C16H18N6OS/c1-3-4-12-5-7-13(8-6-12)15-11(2)24-16(19-15)18-14(23)9-22-10-17-20-21-22/h5-8,10H,3-4,9H2,1-2H3,(H,18,19,23). The number of nitrogens with zero attached hydrogens (tertiary/aromatic N) is 5. The van der Waals surface area contributed by atoms with Gasteiger partial charge in [0.25, 0.3) is 0 Å². The Morgan fingerprint density at radius 1 is 1.29 bits per heavy atom. The molecule has 2 aromatic heterocycles. The van der Waals surface area contributed by atoms with E-state index in [0.29, 0.717) is 5.13 Å². The summed E-state index contributed by atoms with van der Waals surface area (Å²) in [5, 5.41) is 14.0. The lowest BCUT2D eigenvalue weighted by molar-refractivity contribution is -0.116. The zero-order valence-corrected chi connectivity index (χ0v) is 14.4. The molecule has 0 radical (unpaired) electrons. The zero-order valence-electron chi connectivity index (χ0n) is 13.6. The SMILES string of the molecule is CCCc1ccc(-c2nc(NC(=O)Cn3cnnn3)sc2C)cc1. The minimum Gasteiger partial charge on any atom is -0.300 e. The van der Waals surface area contributed by atoms with E-state index in [2.05, 4.69) is 57.0 Å². The lowest BCUT2D eigenvalue weighted by Gasteiger charge is -2.02. The van der Waals surface area contributed by atoms with Crippen LogP contribution in [0.5, 0.6) is 0 Å². The van der Waals surface area contributed by atoms with E-state index in [9.17, 15) is 4.79 Å². The van der Waals surface area contributed by atoms with Gasteiger partial charge < -0.3 is 5.32 Å². The van der Waals surface area contributed by atoms with Crippen LogP contribution in [-0.4, -0.2) is 31.1 Å². The Morgan fingerprint density at radius 2 is 2.08 bits per heavy atom. The van der Waals surface area contributed by atoms with Crippen LogP contribution in [0.25, 0.3) is 11.3 Å². The van der Waals surface area contributed by atoms with E-state index < -0.39 is 0 Å². The van der Waals surface area contributed by atoms with Gasteiger partial charge in [0.2, 0.25) is 5.91 Å². The third kappa shape index (κ3) is 3.83. The van der Waals surface area contributed by atoms with Crippen molar-refractivity contribution in [2.45, 2.75) is 33.2 Å². The molecule has 1 aromatic carbocycles.